The van der Waals surface area contributed by atoms with Gasteiger partial charge < -0.3 is 19.0 Å². The van der Waals surface area contributed by atoms with Gasteiger partial charge in [0.1, 0.15) is 34.2 Å². The third kappa shape index (κ3) is 8.29. The van der Waals surface area contributed by atoms with Gasteiger partial charge in [0.15, 0.2) is 0 Å². The van der Waals surface area contributed by atoms with E-state index >= 15 is 0 Å². The fourth-order valence-corrected chi connectivity index (χ4v) is 6.25. The molecule has 8 aromatic rings. The van der Waals surface area contributed by atoms with Crippen molar-refractivity contribution in [2.75, 3.05) is 0 Å². The number of hydrogen-bond donors (Lipinski definition) is 1. The van der Waals surface area contributed by atoms with Crippen LogP contribution < -0.4 is 20.6 Å². The maximum absolute atomic E-state index is 13.3. The maximum atomic E-state index is 13.3. The van der Waals surface area contributed by atoms with Crippen molar-refractivity contribution in [3.8, 4) is 45.1 Å². The van der Waals surface area contributed by atoms with Crippen LogP contribution in [0.4, 0.5) is 35.1 Å². The van der Waals surface area contributed by atoms with E-state index in [9.17, 15) is 44.7 Å². The van der Waals surface area contributed by atoms with Crippen LogP contribution in [0.3, 0.4) is 0 Å². The Morgan fingerprint density at radius 3 is 1.44 bits per heavy atom. The number of halogens is 8. The normalized spacial score (nSPS) is 11.7. The molecule has 290 valence electrons. The van der Waals surface area contributed by atoms with E-state index in [1.807, 2.05) is 0 Å². The van der Waals surface area contributed by atoms with Crippen LogP contribution in [0.25, 0.3) is 55.4 Å². The number of aromatic nitrogens is 4. The Labute approximate surface area is 316 Å². The lowest BCUT2D eigenvalue weighted by Gasteiger charge is -2.13. The zero-order chi connectivity index (χ0) is 40.6. The van der Waals surface area contributed by atoms with E-state index < -0.39 is 12.7 Å². The van der Waals surface area contributed by atoms with Gasteiger partial charge in [0, 0.05) is 65.1 Å². The first-order valence-corrected chi connectivity index (χ1v) is 16.7. The molecule has 8 rings (SSSR count). The smallest absolute Gasteiger partial charge is 0.406 e. The van der Waals surface area contributed by atoms with Gasteiger partial charge in [0.2, 0.25) is 0 Å². The number of rotatable bonds is 6. The van der Waals surface area contributed by atoms with E-state index in [0.717, 1.165) is 24.3 Å². The highest BCUT2D eigenvalue weighted by Gasteiger charge is 2.32. The molecule has 57 heavy (non-hydrogen) atoms. The van der Waals surface area contributed by atoms with Crippen LogP contribution in [-0.2, 0) is 7.05 Å². The van der Waals surface area contributed by atoms with Gasteiger partial charge in [-0.05, 0) is 96.1 Å². The van der Waals surface area contributed by atoms with E-state index in [2.05, 4.69) is 14.5 Å². The van der Waals surface area contributed by atoms with Crippen LogP contribution in [0.1, 0.15) is 0 Å². The third-order valence-corrected chi connectivity index (χ3v) is 8.78. The van der Waals surface area contributed by atoms with E-state index in [-0.39, 0.29) is 34.3 Å². The maximum Gasteiger partial charge on any atom is 0.573 e. The number of nitrogens with zero attached hydrogens (tertiary/aromatic N) is 3. The van der Waals surface area contributed by atoms with Gasteiger partial charge >= 0.3 is 12.7 Å². The van der Waals surface area contributed by atoms with Gasteiger partial charge in [-0.1, -0.05) is 24.3 Å². The molecule has 0 bridgehead atoms. The minimum Gasteiger partial charge on any atom is -0.406 e. The number of benzene rings is 4. The van der Waals surface area contributed by atoms with E-state index in [1.54, 1.807) is 72.8 Å². The Kier molecular flexibility index (Phi) is 9.95. The van der Waals surface area contributed by atoms with Crippen molar-refractivity contribution in [2.45, 2.75) is 12.7 Å². The number of fused-ring (bicyclic) bond motifs is 2. The highest BCUT2D eigenvalue weighted by Crippen LogP contribution is 2.31. The second kappa shape index (κ2) is 14.9. The number of alkyl halides is 6. The molecule has 4 heterocycles. The molecule has 0 unspecified atom stereocenters. The molecule has 0 saturated heterocycles. The van der Waals surface area contributed by atoms with Crippen LogP contribution in [-0.4, -0.2) is 31.4 Å². The molecule has 0 atom stereocenters. The van der Waals surface area contributed by atoms with Crippen LogP contribution in [0.15, 0.2) is 144 Å². The molecule has 0 spiro atoms. The number of aryl methyl sites for hydroxylation is 1. The SMILES string of the molecule is Cn1ccc2c(-c3ccc(F)cc3)cn(-c3ccc(OC(F)(F)F)cc3)c(=O)c21.O=c1c2[nH]ccc2c(-c2ccc(F)cc2)cn1-c1ccc(OC(F)(F)F)cc1. The topological polar surface area (TPSA) is 83.2 Å². The van der Waals surface area contributed by atoms with E-state index in [0.29, 0.717) is 55.4 Å². The average Bonchev–Trinajstić information content (AvgIpc) is 3.81. The van der Waals surface area contributed by atoms with Gasteiger partial charge in [-0.3, -0.25) is 18.7 Å². The lowest BCUT2D eigenvalue weighted by Crippen LogP contribution is -2.20. The number of H-pyrrole nitrogens is 1. The second-order valence-electron chi connectivity index (χ2n) is 12.5. The summed E-state index contributed by atoms with van der Waals surface area (Å²) in [5, 5.41) is 1.35. The van der Waals surface area contributed by atoms with Gasteiger partial charge in [-0.25, -0.2) is 8.78 Å². The summed E-state index contributed by atoms with van der Waals surface area (Å²) in [6.45, 7) is 0. The highest BCUT2D eigenvalue weighted by atomic mass is 19.4. The molecule has 0 aliphatic carbocycles. The van der Waals surface area contributed by atoms with E-state index in [4.69, 9.17) is 0 Å². The predicted octanol–water partition coefficient (Wildman–Crippen LogP) is 10.1. The molecule has 16 heteroatoms. The van der Waals surface area contributed by atoms with Crippen LogP contribution >= 0.6 is 0 Å². The monoisotopic (exact) mass is 790 g/mol. The van der Waals surface area contributed by atoms with Crippen molar-refractivity contribution in [1.82, 2.24) is 18.7 Å². The lowest BCUT2D eigenvalue weighted by molar-refractivity contribution is -0.275. The molecule has 4 aromatic heterocycles. The molecule has 0 aliphatic rings. The van der Waals surface area contributed by atoms with Crippen LogP contribution in [0, 0.1) is 11.6 Å². The largest absolute Gasteiger partial charge is 0.573 e. The Morgan fingerprint density at radius 1 is 0.544 bits per heavy atom. The van der Waals surface area contributed by atoms with Crippen molar-refractivity contribution >= 4 is 21.8 Å². The van der Waals surface area contributed by atoms with Gasteiger partial charge in [0.05, 0.1) is 0 Å². The van der Waals surface area contributed by atoms with Gasteiger partial charge in [-0.2, -0.15) is 0 Å². The van der Waals surface area contributed by atoms with Gasteiger partial charge in [-0.15, -0.1) is 26.3 Å². The number of aromatic amines is 1. The minimum absolute atomic E-state index is 0.331. The zero-order valence-electron chi connectivity index (χ0n) is 29.2. The van der Waals surface area contributed by atoms with Crippen molar-refractivity contribution < 1.29 is 44.6 Å². The third-order valence-electron chi connectivity index (χ3n) is 8.78. The Bertz CT molecular complexity index is 2820. The number of pyridine rings is 2. The summed E-state index contributed by atoms with van der Waals surface area (Å²) in [6, 6.07) is 25.2. The first kappa shape index (κ1) is 38.2. The van der Waals surface area contributed by atoms with Crippen molar-refractivity contribution in [2.24, 2.45) is 7.05 Å². The van der Waals surface area contributed by atoms with E-state index in [1.165, 1.54) is 57.7 Å². The quantitative estimate of drug-likeness (QED) is 0.170. The fourth-order valence-electron chi connectivity index (χ4n) is 6.25. The second-order valence-corrected chi connectivity index (χ2v) is 12.5. The first-order valence-electron chi connectivity index (χ1n) is 16.7. The molecule has 1 N–H and O–H groups in total. The Hall–Kier alpha value is -7.10. The number of hydrogen-bond acceptors (Lipinski definition) is 4. The Morgan fingerprint density at radius 2 is 0.982 bits per heavy atom. The Balaban J connectivity index is 0.000000174. The summed E-state index contributed by atoms with van der Waals surface area (Å²) in [4.78, 5) is 28.7. The molecule has 0 fully saturated rings. The molecule has 4 aromatic carbocycles. The summed E-state index contributed by atoms with van der Waals surface area (Å²) in [5.41, 5.74) is 3.54. The minimum atomic E-state index is -4.80. The fraction of sp³-hybridized carbons (Fsp3) is 0.0732. The highest BCUT2D eigenvalue weighted by molar-refractivity contribution is 5.95. The average molecular weight is 791 g/mol. The van der Waals surface area contributed by atoms with Gasteiger partial charge in [0.25, 0.3) is 11.1 Å². The number of ether oxygens (including phenoxy) is 2. The summed E-state index contributed by atoms with van der Waals surface area (Å²) in [6.07, 6.45) is -3.07. The molecule has 0 aliphatic heterocycles. The summed E-state index contributed by atoms with van der Waals surface area (Å²) < 4.78 is 113. The van der Waals surface area contributed by atoms with Crippen LogP contribution in [0.2, 0.25) is 0 Å². The van der Waals surface area contributed by atoms with Crippen molar-refractivity contribution in [3.63, 3.8) is 0 Å². The molecular weight excluding hydrogens is 764 g/mol. The van der Waals surface area contributed by atoms with Crippen molar-refractivity contribution in [3.05, 3.63) is 166 Å². The summed E-state index contributed by atoms with van der Waals surface area (Å²) >= 11 is 0. The van der Waals surface area contributed by atoms with Crippen LogP contribution in [0.5, 0.6) is 11.5 Å². The zero-order valence-corrected chi connectivity index (χ0v) is 29.2. The lowest BCUT2D eigenvalue weighted by atomic mass is 10.0. The molecule has 0 amide bonds. The molecule has 8 nitrogen and oxygen atoms in total. The molecular formula is C41H26F8N4O4. The predicted molar refractivity (Wildman–Crippen MR) is 197 cm³/mol. The summed E-state index contributed by atoms with van der Waals surface area (Å²) in [7, 11) is 1.72. The summed E-state index contributed by atoms with van der Waals surface area (Å²) in [5.74, 6) is -1.54. The number of nitrogens with one attached hydrogen (secondary N) is 1. The molecule has 0 saturated carbocycles. The standard InChI is InChI=1S/C21H14F4N2O2.C20H12F4N2O2/c1-26-11-10-17-18(13-2-4-14(22)5-3-13)12-27(20(28)19(17)26)15-6-8-16(9-7-15)29-21(23,24)25;21-13-3-1-12(2-4-13)17-11-26(19(27)18-16(17)9-10-25-18)14-5-7-15(8-6-14)28-20(22,23)24/h2-12H,1H3;1-11,25H. The van der Waals surface area contributed by atoms with Crippen molar-refractivity contribution in [1.29, 1.82) is 0 Å². The first-order chi connectivity index (χ1) is 27.0. The molecule has 0 radical (unpaired) electrons.